The van der Waals surface area contributed by atoms with Gasteiger partial charge in [0.25, 0.3) is 0 Å². The third kappa shape index (κ3) is 2.60. The summed E-state index contributed by atoms with van der Waals surface area (Å²) in [5.41, 5.74) is 10.3. The summed E-state index contributed by atoms with van der Waals surface area (Å²) < 4.78 is 36.9. The quantitative estimate of drug-likeness (QED) is 0.659. The maximum atomic E-state index is 13.3. The van der Waals surface area contributed by atoms with Crippen molar-refractivity contribution in [2.75, 3.05) is 0 Å². The van der Waals surface area contributed by atoms with E-state index in [-0.39, 0.29) is 0 Å². The summed E-state index contributed by atoms with van der Waals surface area (Å²) in [7, 11) is -4.32. The molecule has 94 valence electrons. The van der Waals surface area contributed by atoms with E-state index in [0.29, 0.717) is 0 Å². The van der Waals surface area contributed by atoms with Crippen molar-refractivity contribution in [3.8, 4) is 0 Å². The van der Waals surface area contributed by atoms with Crippen molar-refractivity contribution < 1.29 is 22.7 Å². The molecule has 2 atom stereocenters. The van der Waals surface area contributed by atoms with Gasteiger partial charge in [0.1, 0.15) is 22.1 Å². The number of carbonyl (C=O) groups is 1. The Balaban J connectivity index is 3.21. The number of hydrogen-bond acceptors (Lipinski definition) is 5. The van der Waals surface area contributed by atoms with Gasteiger partial charge in [-0.2, -0.15) is 0 Å². The van der Waals surface area contributed by atoms with Gasteiger partial charge in [0.2, 0.25) is 0 Å². The number of aliphatic carboxylic acids is 1. The van der Waals surface area contributed by atoms with Crippen molar-refractivity contribution in [1.29, 1.82) is 0 Å². The smallest absolute Gasteiger partial charge is 0.323 e. The second-order valence-electron chi connectivity index (χ2n) is 3.30. The fourth-order valence-corrected chi connectivity index (χ4v) is 2.56. The molecule has 8 heteroatoms. The van der Waals surface area contributed by atoms with Crippen LogP contribution in [0.4, 0.5) is 4.39 Å². The summed E-state index contributed by atoms with van der Waals surface area (Å²) in [6.45, 7) is 0. The lowest BCUT2D eigenvalue weighted by atomic mass is 10.3. The van der Waals surface area contributed by atoms with Gasteiger partial charge < -0.3 is 16.6 Å². The van der Waals surface area contributed by atoms with Crippen LogP contribution in [0.3, 0.4) is 0 Å². The molecular formula is C9H11FN2O4S. The minimum Gasteiger partial charge on any atom is -0.480 e. The number of hydrogen-bond donors (Lipinski definition) is 3. The fourth-order valence-electron chi connectivity index (χ4n) is 1.16. The molecule has 0 fully saturated rings. The van der Waals surface area contributed by atoms with Crippen molar-refractivity contribution in [3.05, 3.63) is 30.1 Å². The lowest BCUT2D eigenvalue weighted by molar-refractivity contribution is -0.138. The molecular weight excluding hydrogens is 251 g/mol. The van der Waals surface area contributed by atoms with Gasteiger partial charge in [-0.1, -0.05) is 12.1 Å². The second-order valence-corrected chi connectivity index (χ2v) is 5.38. The summed E-state index contributed by atoms with van der Waals surface area (Å²) in [6, 6.07) is 2.72. The van der Waals surface area contributed by atoms with Crippen molar-refractivity contribution in [2.45, 2.75) is 16.3 Å². The van der Waals surface area contributed by atoms with E-state index in [4.69, 9.17) is 16.6 Å². The number of benzene rings is 1. The first-order chi connectivity index (χ1) is 7.78. The number of carboxylic acid groups (broad SMARTS) is 1. The molecule has 0 heterocycles. The highest BCUT2D eigenvalue weighted by atomic mass is 32.2. The molecule has 0 amide bonds. The predicted octanol–water partition coefficient (Wildman–Crippen LogP) is -0.704. The SMILES string of the molecule is NC(C(=O)O)C(N)S(=O)(=O)c1ccccc1F. The molecule has 0 aliphatic rings. The molecule has 17 heavy (non-hydrogen) atoms. The van der Waals surface area contributed by atoms with E-state index in [0.717, 1.165) is 12.1 Å². The average Bonchev–Trinajstić information content (AvgIpc) is 2.27. The lowest BCUT2D eigenvalue weighted by Crippen LogP contribution is -2.51. The van der Waals surface area contributed by atoms with E-state index in [1.165, 1.54) is 12.1 Å². The van der Waals surface area contributed by atoms with Crippen LogP contribution in [-0.2, 0) is 14.6 Å². The molecule has 0 aliphatic carbocycles. The molecule has 0 bridgehead atoms. The molecule has 0 saturated carbocycles. The Hall–Kier alpha value is -1.51. The van der Waals surface area contributed by atoms with Crippen LogP contribution in [0.2, 0.25) is 0 Å². The number of halogens is 1. The highest BCUT2D eigenvalue weighted by Gasteiger charge is 2.35. The number of carboxylic acids is 1. The van der Waals surface area contributed by atoms with Crippen LogP contribution >= 0.6 is 0 Å². The summed E-state index contributed by atoms with van der Waals surface area (Å²) >= 11 is 0. The van der Waals surface area contributed by atoms with E-state index in [1.54, 1.807) is 0 Å². The van der Waals surface area contributed by atoms with Crippen molar-refractivity contribution in [3.63, 3.8) is 0 Å². The van der Waals surface area contributed by atoms with E-state index >= 15 is 0 Å². The number of nitrogens with two attached hydrogens (primary N) is 2. The number of sulfone groups is 1. The van der Waals surface area contributed by atoms with Crippen LogP contribution in [0.15, 0.2) is 29.2 Å². The third-order valence-electron chi connectivity index (χ3n) is 2.14. The maximum absolute atomic E-state index is 13.3. The van der Waals surface area contributed by atoms with E-state index in [1.807, 2.05) is 0 Å². The zero-order valence-corrected chi connectivity index (χ0v) is 9.39. The average molecular weight is 262 g/mol. The normalized spacial score (nSPS) is 15.2. The van der Waals surface area contributed by atoms with E-state index in [9.17, 15) is 17.6 Å². The van der Waals surface area contributed by atoms with Gasteiger partial charge in [0, 0.05) is 0 Å². The largest absolute Gasteiger partial charge is 0.480 e. The first-order valence-electron chi connectivity index (χ1n) is 4.51. The second kappa shape index (κ2) is 4.78. The maximum Gasteiger partial charge on any atom is 0.323 e. The van der Waals surface area contributed by atoms with Gasteiger partial charge in [-0.05, 0) is 12.1 Å². The summed E-state index contributed by atoms with van der Waals surface area (Å²) in [4.78, 5) is 9.88. The Morgan fingerprint density at radius 2 is 1.82 bits per heavy atom. The molecule has 0 saturated heterocycles. The Labute approximate surface area is 97.0 Å². The van der Waals surface area contributed by atoms with Crippen molar-refractivity contribution in [1.82, 2.24) is 0 Å². The third-order valence-corrected chi connectivity index (χ3v) is 4.09. The van der Waals surface area contributed by atoms with Crippen molar-refractivity contribution in [2.24, 2.45) is 11.5 Å². The van der Waals surface area contributed by atoms with Crippen LogP contribution < -0.4 is 11.5 Å². The van der Waals surface area contributed by atoms with Gasteiger partial charge in [-0.3, -0.25) is 4.79 Å². The summed E-state index contributed by atoms with van der Waals surface area (Å²) in [6.07, 6.45) is 0. The zero-order chi connectivity index (χ0) is 13.2. The topological polar surface area (TPSA) is 123 Å². The Morgan fingerprint density at radius 1 is 1.29 bits per heavy atom. The Kier molecular flexibility index (Phi) is 3.81. The first kappa shape index (κ1) is 13.6. The van der Waals surface area contributed by atoms with E-state index < -0.39 is 37.9 Å². The molecule has 1 aromatic carbocycles. The molecule has 6 nitrogen and oxygen atoms in total. The van der Waals surface area contributed by atoms with Gasteiger partial charge >= 0.3 is 5.97 Å². The fraction of sp³-hybridized carbons (Fsp3) is 0.222. The predicted molar refractivity (Wildman–Crippen MR) is 57.2 cm³/mol. The Morgan fingerprint density at radius 3 is 2.29 bits per heavy atom. The highest BCUT2D eigenvalue weighted by molar-refractivity contribution is 7.92. The molecule has 0 aliphatic heterocycles. The van der Waals surface area contributed by atoms with Gasteiger partial charge in [0.05, 0.1) is 0 Å². The summed E-state index contributed by atoms with van der Waals surface area (Å²) in [5.74, 6) is -2.57. The molecule has 1 aromatic rings. The van der Waals surface area contributed by atoms with E-state index in [2.05, 4.69) is 0 Å². The molecule has 0 radical (unpaired) electrons. The molecule has 2 unspecified atom stereocenters. The monoisotopic (exact) mass is 262 g/mol. The molecule has 5 N–H and O–H groups in total. The first-order valence-corrected chi connectivity index (χ1v) is 6.05. The molecule has 0 spiro atoms. The van der Waals surface area contributed by atoms with Gasteiger partial charge in [-0.25, -0.2) is 12.8 Å². The van der Waals surface area contributed by atoms with Crippen LogP contribution in [0.5, 0.6) is 0 Å². The van der Waals surface area contributed by atoms with Crippen molar-refractivity contribution >= 4 is 15.8 Å². The lowest BCUT2D eigenvalue weighted by Gasteiger charge is -2.16. The molecule has 1 rings (SSSR count). The summed E-state index contributed by atoms with van der Waals surface area (Å²) in [5, 5.41) is 6.66. The van der Waals surface area contributed by atoms with Crippen LogP contribution in [0.1, 0.15) is 0 Å². The van der Waals surface area contributed by atoms with Crippen LogP contribution in [0.25, 0.3) is 0 Å². The standard InChI is InChI=1S/C9H11FN2O4S/c10-5-3-1-2-4-6(5)17(15,16)8(12)7(11)9(13)14/h1-4,7-8H,11-12H2,(H,13,14). The van der Waals surface area contributed by atoms with Crippen LogP contribution in [0, 0.1) is 5.82 Å². The number of rotatable bonds is 4. The zero-order valence-electron chi connectivity index (χ0n) is 8.58. The Bertz CT molecular complexity index is 532. The minimum absolute atomic E-state index is 0.663. The minimum atomic E-state index is -4.32. The van der Waals surface area contributed by atoms with Gasteiger partial charge in [0.15, 0.2) is 9.84 Å². The van der Waals surface area contributed by atoms with Crippen LogP contribution in [-0.4, -0.2) is 30.9 Å². The van der Waals surface area contributed by atoms with Gasteiger partial charge in [-0.15, -0.1) is 0 Å². The highest BCUT2D eigenvalue weighted by Crippen LogP contribution is 2.18. The molecule has 0 aromatic heterocycles.